The second kappa shape index (κ2) is 9.04. The summed E-state index contributed by atoms with van der Waals surface area (Å²) >= 11 is 0. The normalized spacial score (nSPS) is 11.6. The molecule has 0 bridgehead atoms. The van der Waals surface area contributed by atoms with E-state index in [4.69, 9.17) is 4.42 Å². The van der Waals surface area contributed by atoms with Crippen molar-refractivity contribution < 1.29 is 14.0 Å². The molecule has 0 aliphatic carbocycles. The average Bonchev–Trinajstić information content (AvgIpc) is 3.25. The number of nitrogens with zero attached hydrogens (tertiary/aromatic N) is 1. The van der Waals surface area contributed by atoms with Gasteiger partial charge in [0, 0.05) is 31.1 Å². The van der Waals surface area contributed by atoms with Crippen LogP contribution >= 0.6 is 0 Å². The summed E-state index contributed by atoms with van der Waals surface area (Å²) in [6.07, 6.45) is 2.58. The Kier molecular flexibility index (Phi) is 6.27. The Bertz CT molecular complexity index is 920. The third-order valence-electron chi connectivity index (χ3n) is 4.80. The number of furan rings is 1. The Labute approximate surface area is 165 Å². The molecule has 0 fully saturated rings. The third-order valence-corrected chi connectivity index (χ3v) is 4.80. The molecule has 5 heteroatoms. The van der Waals surface area contributed by atoms with Crippen LogP contribution in [0.25, 0.3) is 0 Å². The number of hydrogen-bond donors (Lipinski definition) is 1. The van der Waals surface area contributed by atoms with Crippen LogP contribution in [-0.2, 0) is 11.2 Å². The molecule has 0 aliphatic heterocycles. The zero-order chi connectivity index (χ0) is 19.9. The molecule has 5 nitrogen and oxygen atoms in total. The minimum atomic E-state index is -0.159. The lowest BCUT2D eigenvalue weighted by Crippen LogP contribution is -2.29. The minimum absolute atomic E-state index is 0.0441. The third kappa shape index (κ3) is 4.88. The molecule has 144 valence electrons. The Morgan fingerprint density at radius 3 is 2.54 bits per heavy atom. The molecular weight excluding hydrogens is 352 g/mol. The SMILES string of the molecule is C[C@@H](c1cccc(NC(=O)c2ccccc2)c1)N(C)C(=O)CCc1ccco1. The molecule has 3 rings (SSSR count). The second-order valence-corrected chi connectivity index (χ2v) is 6.71. The number of hydrogen-bond acceptors (Lipinski definition) is 3. The van der Waals surface area contributed by atoms with E-state index < -0.39 is 0 Å². The molecule has 2 aromatic carbocycles. The second-order valence-electron chi connectivity index (χ2n) is 6.71. The van der Waals surface area contributed by atoms with Crippen molar-refractivity contribution >= 4 is 17.5 Å². The number of benzene rings is 2. The predicted molar refractivity (Wildman–Crippen MR) is 109 cm³/mol. The van der Waals surface area contributed by atoms with Crippen molar-refractivity contribution in [2.45, 2.75) is 25.8 Å². The molecule has 0 spiro atoms. The molecule has 0 saturated carbocycles. The molecule has 1 aromatic heterocycles. The summed E-state index contributed by atoms with van der Waals surface area (Å²) in [6.45, 7) is 1.98. The van der Waals surface area contributed by atoms with Gasteiger partial charge in [-0.2, -0.15) is 0 Å². The van der Waals surface area contributed by atoms with Gasteiger partial charge < -0.3 is 14.6 Å². The van der Waals surface area contributed by atoms with Crippen LogP contribution in [0.5, 0.6) is 0 Å². The first-order valence-corrected chi connectivity index (χ1v) is 9.29. The Hall–Kier alpha value is -3.34. The van der Waals surface area contributed by atoms with Crippen LogP contribution in [0.1, 0.15) is 41.1 Å². The van der Waals surface area contributed by atoms with Crippen LogP contribution in [0, 0.1) is 0 Å². The smallest absolute Gasteiger partial charge is 0.255 e. The van der Waals surface area contributed by atoms with E-state index >= 15 is 0 Å². The van der Waals surface area contributed by atoms with E-state index in [0.717, 1.165) is 11.3 Å². The molecule has 0 aliphatic rings. The molecule has 0 saturated heterocycles. The average molecular weight is 376 g/mol. The van der Waals surface area contributed by atoms with E-state index in [0.29, 0.717) is 24.1 Å². The van der Waals surface area contributed by atoms with Gasteiger partial charge in [-0.05, 0) is 48.9 Å². The van der Waals surface area contributed by atoms with E-state index in [1.54, 1.807) is 30.3 Å². The summed E-state index contributed by atoms with van der Waals surface area (Å²) in [7, 11) is 1.80. The number of carbonyl (C=O) groups is 2. The summed E-state index contributed by atoms with van der Waals surface area (Å²) in [5.74, 6) is 0.691. The van der Waals surface area contributed by atoms with Crippen molar-refractivity contribution in [3.05, 3.63) is 89.9 Å². The van der Waals surface area contributed by atoms with Gasteiger partial charge >= 0.3 is 0 Å². The van der Waals surface area contributed by atoms with Gasteiger partial charge in [-0.15, -0.1) is 0 Å². The first kappa shape index (κ1) is 19.4. The number of amides is 2. The highest BCUT2D eigenvalue weighted by Gasteiger charge is 2.18. The Morgan fingerprint density at radius 2 is 1.82 bits per heavy atom. The van der Waals surface area contributed by atoms with E-state index in [-0.39, 0.29) is 17.9 Å². The highest BCUT2D eigenvalue weighted by molar-refractivity contribution is 6.04. The van der Waals surface area contributed by atoms with Crippen molar-refractivity contribution in [2.24, 2.45) is 0 Å². The summed E-state index contributed by atoms with van der Waals surface area (Å²) in [5, 5.41) is 2.91. The summed E-state index contributed by atoms with van der Waals surface area (Å²) in [5.41, 5.74) is 2.26. The lowest BCUT2D eigenvalue weighted by molar-refractivity contribution is -0.131. The van der Waals surface area contributed by atoms with Crippen LogP contribution in [0.4, 0.5) is 5.69 Å². The maximum Gasteiger partial charge on any atom is 0.255 e. The van der Waals surface area contributed by atoms with Crippen molar-refractivity contribution in [3.8, 4) is 0 Å². The molecule has 0 radical (unpaired) electrons. The monoisotopic (exact) mass is 376 g/mol. The highest BCUT2D eigenvalue weighted by atomic mass is 16.3. The quantitative estimate of drug-likeness (QED) is 0.651. The summed E-state index contributed by atoms with van der Waals surface area (Å²) in [6, 6.07) is 20.2. The van der Waals surface area contributed by atoms with Crippen LogP contribution < -0.4 is 5.32 Å². The lowest BCUT2D eigenvalue weighted by Gasteiger charge is -2.26. The van der Waals surface area contributed by atoms with E-state index in [2.05, 4.69) is 5.32 Å². The van der Waals surface area contributed by atoms with E-state index in [9.17, 15) is 9.59 Å². The molecule has 0 unspecified atom stereocenters. The van der Waals surface area contributed by atoms with Crippen molar-refractivity contribution in [3.63, 3.8) is 0 Å². The topological polar surface area (TPSA) is 62.6 Å². The molecule has 28 heavy (non-hydrogen) atoms. The highest BCUT2D eigenvalue weighted by Crippen LogP contribution is 2.23. The Morgan fingerprint density at radius 1 is 1.04 bits per heavy atom. The van der Waals surface area contributed by atoms with Gasteiger partial charge in [-0.25, -0.2) is 0 Å². The summed E-state index contributed by atoms with van der Waals surface area (Å²) in [4.78, 5) is 26.6. The maximum atomic E-state index is 12.5. The number of carbonyl (C=O) groups excluding carboxylic acids is 2. The van der Waals surface area contributed by atoms with Gasteiger partial charge in [0.1, 0.15) is 5.76 Å². The van der Waals surface area contributed by atoms with Gasteiger partial charge in [-0.3, -0.25) is 9.59 Å². The Balaban J connectivity index is 1.63. The van der Waals surface area contributed by atoms with Crippen LogP contribution in [0.3, 0.4) is 0 Å². The zero-order valence-corrected chi connectivity index (χ0v) is 16.1. The van der Waals surface area contributed by atoms with Gasteiger partial charge in [-0.1, -0.05) is 30.3 Å². The molecular formula is C23H24N2O3. The van der Waals surface area contributed by atoms with Gasteiger partial charge in [0.15, 0.2) is 0 Å². The minimum Gasteiger partial charge on any atom is -0.469 e. The summed E-state index contributed by atoms with van der Waals surface area (Å²) < 4.78 is 5.29. The van der Waals surface area contributed by atoms with Crippen LogP contribution in [-0.4, -0.2) is 23.8 Å². The maximum absolute atomic E-state index is 12.5. The van der Waals surface area contributed by atoms with E-state index in [1.807, 2.05) is 61.5 Å². The molecule has 1 N–H and O–H groups in total. The van der Waals surface area contributed by atoms with Crippen LogP contribution in [0.2, 0.25) is 0 Å². The molecule has 1 heterocycles. The van der Waals surface area contributed by atoms with Crippen LogP contribution in [0.15, 0.2) is 77.4 Å². The predicted octanol–water partition coefficient (Wildman–Crippen LogP) is 4.68. The molecule has 2 amide bonds. The first-order chi connectivity index (χ1) is 13.5. The molecule has 3 aromatic rings. The van der Waals surface area contributed by atoms with Gasteiger partial charge in [0.2, 0.25) is 5.91 Å². The fraction of sp³-hybridized carbons (Fsp3) is 0.217. The zero-order valence-electron chi connectivity index (χ0n) is 16.1. The number of rotatable bonds is 7. The lowest BCUT2D eigenvalue weighted by atomic mass is 10.1. The van der Waals surface area contributed by atoms with Gasteiger partial charge in [0.25, 0.3) is 5.91 Å². The number of nitrogens with one attached hydrogen (secondary N) is 1. The fourth-order valence-corrected chi connectivity index (χ4v) is 2.97. The van der Waals surface area contributed by atoms with Crippen molar-refractivity contribution in [1.29, 1.82) is 0 Å². The molecule has 1 atom stereocenters. The fourth-order valence-electron chi connectivity index (χ4n) is 2.97. The first-order valence-electron chi connectivity index (χ1n) is 9.29. The number of aryl methyl sites for hydroxylation is 1. The van der Waals surface area contributed by atoms with Crippen molar-refractivity contribution in [2.75, 3.05) is 12.4 Å². The number of anilines is 1. The van der Waals surface area contributed by atoms with Crippen molar-refractivity contribution in [1.82, 2.24) is 4.90 Å². The van der Waals surface area contributed by atoms with E-state index in [1.165, 1.54) is 0 Å². The standard InChI is InChI=1S/C23H24N2O3/c1-17(25(2)22(26)14-13-21-12-7-15-28-21)19-10-6-11-20(16-19)24-23(27)18-8-4-3-5-9-18/h3-12,15-17H,13-14H2,1-2H3,(H,24,27)/t17-/m0/s1. The largest absolute Gasteiger partial charge is 0.469 e. The van der Waals surface area contributed by atoms with Gasteiger partial charge in [0.05, 0.1) is 12.3 Å².